The first-order valence-electron chi connectivity index (χ1n) is 10.4. The number of guanidine groups is 1. The van der Waals surface area contributed by atoms with E-state index in [4.69, 9.17) is 4.74 Å². The van der Waals surface area contributed by atoms with E-state index in [1.54, 1.807) is 0 Å². The average Bonchev–Trinajstić information content (AvgIpc) is 2.72. The van der Waals surface area contributed by atoms with Gasteiger partial charge in [0.25, 0.3) is 0 Å². The van der Waals surface area contributed by atoms with E-state index in [2.05, 4.69) is 61.4 Å². The van der Waals surface area contributed by atoms with E-state index < -0.39 is 0 Å². The minimum absolute atomic E-state index is 0.588. The molecule has 0 bridgehead atoms. The summed E-state index contributed by atoms with van der Waals surface area (Å²) in [5.41, 5.74) is 4.44. The van der Waals surface area contributed by atoms with E-state index in [-0.39, 0.29) is 0 Å². The molecule has 8 heteroatoms. The molecular formula is C21H31N7O. The van der Waals surface area contributed by atoms with Crippen molar-refractivity contribution in [2.24, 2.45) is 4.99 Å². The molecule has 4 rings (SSSR count). The fourth-order valence-corrected chi connectivity index (χ4v) is 3.74. The number of ether oxygens (including phenoxy) is 1. The van der Waals surface area contributed by atoms with Crippen molar-refractivity contribution in [3.63, 3.8) is 0 Å². The van der Waals surface area contributed by atoms with Crippen LogP contribution in [0.3, 0.4) is 0 Å². The predicted molar refractivity (Wildman–Crippen MR) is 116 cm³/mol. The van der Waals surface area contributed by atoms with Crippen LogP contribution in [0.25, 0.3) is 10.9 Å². The van der Waals surface area contributed by atoms with Gasteiger partial charge >= 0.3 is 0 Å². The maximum absolute atomic E-state index is 5.40. The lowest BCUT2D eigenvalue weighted by molar-refractivity contribution is 0.0360. The molecule has 156 valence electrons. The topological polar surface area (TPSA) is 77.9 Å². The molecule has 2 aromatic rings. The van der Waals surface area contributed by atoms with Gasteiger partial charge in [0.15, 0.2) is 0 Å². The zero-order chi connectivity index (χ0) is 20.2. The summed E-state index contributed by atoms with van der Waals surface area (Å²) in [4.78, 5) is 18.7. The van der Waals surface area contributed by atoms with Crippen LogP contribution in [-0.4, -0.2) is 78.5 Å². The molecular weight excluding hydrogens is 366 g/mol. The maximum Gasteiger partial charge on any atom is 0.230 e. The van der Waals surface area contributed by atoms with Crippen molar-refractivity contribution >= 4 is 22.8 Å². The van der Waals surface area contributed by atoms with Gasteiger partial charge in [-0.25, -0.2) is 15.0 Å². The molecule has 0 saturated carbocycles. The number of morpholine rings is 1. The molecule has 0 unspecified atom stereocenters. The van der Waals surface area contributed by atoms with Crippen LogP contribution in [0.5, 0.6) is 0 Å². The molecule has 1 saturated heterocycles. The van der Waals surface area contributed by atoms with E-state index in [0.29, 0.717) is 12.6 Å². The van der Waals surface area contributed by atoms with Crippen molar-refractivity contribution in [2.45, 2.75) is 27.2 Å². The molecule has 1 fully saturated rings. The van der Waals surface area contributed by atoms with Gasteiger partial charge in [0.2, 0.25) is 11.9 Å². The second-order valence-corrected chi connectivity index (χ2v) is 7.90. The zero-order valence-electron chi connectivity index (χ0n) is 17.7. The van der Waals surface area contributed by atoms with Gasteiger partial charge in [-0.1, -0.05) is 0 Å². The number of fused-ring (bicyclic) bond motifs is 1. The summed E-state index contributed by atoms with van der Waals surface area (Å²) < 4.78 is 5.40. The molecule has 0 amide bonds. The summed E-state index contributed by atoms with van der Waals surface area (Å²) >= 11 is 0. The van der Waals surface area contributed by atoms with Crippen molar-refractivity contribution in [1.29, 1.82) is 0 Å². The van der Waals surface area contributed by atoms with Crippen molar-refractivity contribution in [2.75, 3.05) is 58.0 Å². The minimum Gasteiger partial charge on any atom is -0.379 e. The maximum atomic E-state index is 5.40. The van der Waals surface area contributed by atoms with Crippen LogP contribution in [0.1, 0.15) is 23.2 Å². The van der Waals surface area contributed by atoms with E-state index in [9.17, 15) is 0 Å². The first-order valence-corrected chi connectivity index (χ1v) is 10.4. The number of nitrogens with one attached hydrogen (secondary N) is 2. The van der Waals surface area contributed by atoms with Crippen LogP contribution in [0.15, 0.2) is 17.1 Å². The van der Waals surface area contributed by atoms with Crippen molar-refractivity contribution in [3.8, 4) is 0 Å². The number of benzene rings is 1. The third-order valence-corrected chi connectivity index (χ3v) is 5.68. The van der Waals surface area contributed by atoms with E-state index >= 15 is 0 Å². The van der Waals surface area contributed by atoms with E-state index in [1.807, 2.05) is 6.92 Å². The number of hydrogen-bond donors (Lipinski definition) is 2. The Morgan fingerprint density at radius 2 is 1.79 bits per heavy atom. The third kappa shape index (κ3) is 5.01. The fraction of sp³-hybridized carbons (Fsp3) is 0.571. The van der Waals surface area contributed by atoms with Crippen LogP contribution in [0, 0.1) is 20.8 Å². The largest absolute Gasteiger partial charge is 0.379 e. The van der Waals surface area contributed by atoms with Gasteiger partial charge in [0, 0.05) is 25.0 Å². The van der Waals surface area contributed by atoms with Gasteiger partial charge < -0.3 is 10.1 Å². The van der Waals surface area contributed by atoms with Gasteiger partial charge in [0.05, 0.1) is 37.8 Å². The quantitative estimate of drug-likeness (QED) is 0.797. The van der Waals surface area contributed by atoms with Crippen molar-refractivity contribution in [3.05, 3.63) is 29.0 Å². The fourth-order valence-electron chi connectivity index (χ4n) is 3.74. The van der Waals surface area contributed by atoms with E-state index in [1.165, 1.54) is 11.1 Å². The molecule has 1 aromatic heterocycles. The number of anilines is 1. The standard InChI is InChI=1S/C21H31N7O/c1-15-11-18-17(3)24-21(25-19(18)12-16(15)2)26-20-22-13-28(14-23-20)6-4-5-27-7-9-29-10-8-27/h11-12H,4-10,13-14H2,1-3H3,(H2,22,23,24,25,26). The predicted octanol–water partition coefficient (Wildman–Crippen LogP) is 1.87. The summed E-state index contributed by atoms with van der Waals surface area (Å²) in [5.74, 6) is 1.32. The molecule has 2 N–H and O–H groups in total. The lowest BCUT2D eigenvalue weighted by Crippen LogP contribution is -2.47. The molecule has 0 atom stereocenters. The first kappa shape index (κ1) is 20.0. The van der Waals surface area contributed by atoms with E-state index in [0.717, 1.165) is 75.0 Å². The Morgan fingerprint density at radius 3 is 2.55 bits per heavy atom. The second kappa shape index (κ2) is 9.02. The lowest BCUT2D eigenvalue weighted by Gasteiger charge is -2.29. The Hall–Kier alpha value is -2.29. The molecule has 0 spiro atoms. The molecule has 3 heterocycles. The number of aromatic nitrogens is 2. The van der Waals surface area contributed by atoms with Crippen LogP contribution < -0.4 is 10.6 Å². The molecule has 2 aliphatic rings. The Bertz CT molecular complexity index is 892. The SMILES string of the molecule is Cc1cc2nc(NC3=NCN(CCCN4CCOCC4)CN3)nc(C)c2cc1C. The number of rotatable bonds is 5. The Morgan fingerprint density at radius 1 is 1.03 bits per heavy atom. The number of hydrogen-bond acceptors (Lipinski definition) is 8. The van der Waals surface area contributed by atoms with Gasteiger partial charge in [-0.2, -0.15) is 0 Å². The van der Waals surface area contributed by atoms with Crippen LogP contribution in [-0.2, 0) is 4.74 Å². The van der Waals surface area contributed by atoms with Crippen LogP contribution in [0.2, 0.25) is 0 Å². The molecule has 0 aliphatic carbocycles. The van der Waals surface area contributed by atoms with Gasteiger partial charge in [-0.3, -0.25) is 15.1 Å². The van der Waals surface area contributed by atoms with Gasteiger partial charge in [-0.05, 0) is 57.0 Å². The summed E-state index contributed by atoms with van der Waals surface area (Å²) in [6.45, 7) is 13.7. The highest BCUT2D eigenvalue weighted by Crippen LogP contribution is 2.21. The zero-order valence-corrected chi connectivity index (χ0v) is 17.7. The molecule has 2 aliphatic heterocycles. The monoisotopic (exact) mass is 397 g/mol. The number of aryl methyl sites for hydroxylation is 3. The third-order valence-electron chi connectivity index (χ3n) is 5.68. The molecule has 1 aromatic carbocycles. The summed E-state index contributed by atoms with van der Waals surface area (Å²) in [5, 5.41) is 7.69. The van der Waals surface area contributed by atoms with Crippen LogP contribution >= 0.6 is 0 Å². The normalized spacial score (nSPS) is 18.5. The smallest absolute Gasteiger partial charge is 0.230 e. The highest BCUT2D eigenvalue weighted by Gasteiger charge is 2.15. The van der Waals surface area contributed by atoms with Gasteiger partial charge in [-0.15, -0.1) is 0 Å². The highest BCUT2D eigenvalue weighted by molar-refractivity contribution is 5.93. The molecule has 8 nitrogen and oxygen atoms in total. The number of nitrogens with zero attached hydrogens (tertiary/aromatic N) is 5. The molecule has 29 heavy (non-hydrogen) atoms. The second-order valence-electron chi connectivity index (χ2n) is 7.90. The minimum atomic E-state index is 0.588. The Labute approximate surface area is 172 Å². The highest BCUT2D eigenvalue weighted by atomic mass is 16.5. The van der Waals surface area contributed by atoms with Crippen molar-refractivity contribution in [1.82, 2.24) is 25.1 Å². The molecule has 0 radical (unpaired) electrons. The lowest BCUT2D eigenvalue weighted by atomic mass is 10.1. The Balaban J connectivity index is 1.31. The van der Waals surface area contributed by atoms with Crippen LogP contribution in [0.4, 0.5) is 5.95 Å². The Kier molecular flexibility index (Phi) is 6.22. The summed E-state index contributed by atoms with van der Waals surface area (Å²) in [6, 6.07) is 4.28. The first-order chi connectivity index (χ1) is 14.1. The number of aliphatic imine (C=N–C) groups is 1. The van der Waals surface area contributed by atoms with Gasteiger partial charge in [0.1, 0.15) is 0 Å². The summed E-state index contributed by atoms with van der Waals surface area (Å²) in [7, 11) is 0. The van der Waals surface area contributed by atoms with Crippen molar-refractivity contribution < 1.29 is 4.74 Å². The summed E-state index contributed by atoms with van der Waals surface area (Å²) in [6.07, 6.45) is 1.14. The average molecular weight is 398 g/mol.